The summed E-state index contributed by atoms with van der Waals surface area (Å²) in [7, 11) is 0. The predicted molar refractivity (Wildman–Crippen MR) is 244 cm³/mol. The Labute approximate surface area is 349 Å². The summed E-state index contributed by atoms with van der Waals surface area (Å²) in [6.07, 6.45) is 14.3. The van der Waals surface area contributed by atoms with Gasteiger partial charge in [0.05, 0.1) is 0 Å². The lowest BCUT2D eigenvalue weighted by Gasteiger charge is -2.14. The third-order valence-corrected chi connectivity index (χ3v) is 10.9. The first kappa shape index (κ1) is 36.2. The fourth-order valence-electron chi connectivity index (χ4n) is 7.84. The molecule has 10 aromatic rings. The molecule has 282 valence electrons. The molecule has 3 heterocycles. The quantitative estimate of drug-likeness (QED) is 0.146. The lowest BCUT2D eigenvalue weighted by molar-refractivity contribution is 1.17. The summed E-state index contributed by atoms with van der Waals surface area (Å²) in [5.41, 5.74) is 20.1. The zero-order valence-electron chi connectivity index (χ0n) is 32.6. The van der Waals surface area contributed by atoms with Crippen LogP contribution in [-0.2, 0) is 0 Å². The van der Waals surface area contributed by atoms with Crippen molar-refractivity contribution in [3.05, 3.63) is 226 Å². The van der Waals surface area contributed by atoms with E-state index in [0.717, 1.165) is 83.5 Å². The molecule has 5 nitrogen and oxygen atoms in total. The van der Waals surface area contributed by atoms with E-state index in [4.69, 9.17) is 0 Å². The van der Waals surface area contributed by atoms with Crippen molar-refractivity contribution < 1.29 is 0 Å². The second kappa shape index (κ2) is 16.4. The van der Waals surface area contributed by atoms with Gasteiger partial charge in [-0.2, -0.15) is 0 Å². The van der Waals surface area contributed by atoms with Crippen molar-refractivity contribution in [3.63, 3.8) is 0 Å². The van der Waals surface area contributed by atoms with Crippen LogP contribution in [0, 0.1) is 0 Å². The average molecular weight is 768 g/mol. The van der Waals surface area contributed by atoms with E-state index in [9.17, 15) is 0 Å². The van der Waals surface area contributed by atoms with Gasteiger partial charge < -0.3 is 0 Å². The van der Waals surface area contributed by atoms with E-state index in [0.29, 0.717) is 0 Å². The van der Waals surface area contributed by atoms with E-state index in [1.54, 1.807) is 12.7 Å². The molecule has 0 aliphatic carbocycles. The molecule has 0 aliphatic heterocycles. The SMILES string of the molecule is c1cc(-c2ccncc2)cc(-c2cccc(-c3cccc(-c4cc(-c5cncnc5)cc(-c5cccc(-c6cccc(-c7cccc(-c8cncnc8)c7)c6)c5)c4)c3)c2)c1. The molecule has 0 spiro atoms. The number of aromatic nitrogens is 5. The highest BCUT2D eigenvalue weighted by Crippen LogP contribution is 2.37. The van der Waals surface area contributed by atoms with Crippen molar-refractivity contribution in [1.29, 1.82) is 0 Å². The Balaban J connectivity index is 0.997. The predicted octanol–water partition coefficient (Wildman–Crippen LogP) is 13.7. The number of rotatable bonds is 9. The molecule has 0 saturated carbocycles. The third-order valence-electron chi connectivity index (χ3n) is 10.9. The molecule has 5 heteroatoms. The number of hydrogen-bond acceptors (Lipinski definition) is 5. The standard InChI is InChI=1S/C55H37N5/c1-7-39(38-19-21-56-22-20-38)23-40(8-1)41-9-2-10-42(24-41)45-13-4-16-48(26-45)51-29-52(31-53(30-51)55-34-59-37-60-35-55)49-17-5-14-46(27-49)43-11-3-12-44(25-43)47-15-6-18-50(28-47)54-32-57-36-58-33-54/h1-37H. The van der Waals surface area contributed by atoms with Gasteiger partial charge in [0.25, 0.3) is 0 Å². The Kier molecular flexibility index (Phi) is 9.88. The summed E-state index contributed by atoms with van der Waals surface area (Å²) in [5.74, 6) is 0. The minimum atomic E-state index is 0.964. The second-order valence-electron chi connectivity index (χ2n) is 14.8. The van der Waals surface area contributed by atoms with Gasteiger partial charge in [-0.15, -0.1) is 0 Å². The molecule has 7 aromatic carbocycles. The number of hydrogen-bond donors (Lipinski definition) is 0. The fourth-order valence-corrected chi connectivity index (χ4v) is 7.84. The maximum Gasteiger partial charge on any atom is 0.115 e. The van der Waals surface area contributed by atoms with Crippen LogP contribution < -0.4 is 0 Å². The highest BCUT2D eigenvalue weighted by molar-refractivity contribution is 5.85. The van der Waals surface area contributed by atoms with Crippen LogP contribution in [0.2, 0.25) is 0 Å². The molecule has 0 radical (unpaired) electrons. The van der Waals surface area contributed by atoms with E-state index >= 15 is 0 Å². The van der Waals surface area contributed by atoms with Crippen LogP contribution in [0.25, 0.3) is 100 Å². The van der Waals surface area contributed by atoms with Crippen LogP contribution in [-0.4, -0.2) is 24.9 Å². The normalized spacial score (nSPS) is 11.0. The molecule has 0 N–H and O–H groups in total. The van der Waals surface area contributed by atoms with Gasteiger partial charge in [-0.25, -0.2) is 19.9 Å². The van der Waals surface area contributed by atoms with Crippen molar-refractivity contribution in [2.24, 2.45) is 0 Å². The molecule has 0 aliphatic rings. The van der Waals surface area contributed by atoms with E-state index in [1.165, 1.54) is 16.7 Å². The van der Waals surface area contributed by atoms with Crippen molar-refractivity contribution >= 4 is 0 Å². The van der Waals surface area contributed by atoms with Gasteiger partial charge >= 0.3 is 0 Å². The van der Waals surface area contributed by atoms with Crippen LogP contribution in [0.3, 0.4) is 0 Å². The molecule has 3 aromatic heterocycles. The highest BCUT2D eigenvalue weighted by atomic mass is 14.8. The minimum Gasteiger partial charge on any atom is -0.265 e. The van der Waals surface area contributed by atoms with Crippen LogP contribution in [0.1, 0.15) is 0 Å². The van der Waals surface area contributed by atoms with Crippen LogP contribution >= 0.6 is 0 Å². The van der Waals surface area contributed by atoms with E-state index in [2.05, 4.69) is 189 Å². The zero-order valence-corrected chi connectivity index (χ0v) is 32.6. The summed E-state index contributed by atoms with van der Waals surface area (Å²) in [6, 6.07) is 63.3. The van der Waals surface area contributed by atoms with Crippen LogP contribution in [0.15, 0.2) is 226 Å². The van der Waals surface area contributed by atoms with Crippen molar-refractivity contribution in [1.82, 2.24) is 24.9 Å². The van der Waals surface area contributed by atoms with Crippen molar-refractivity contribution in [2.75, 3.05) is 0 Å². The van der Waals surface area contributed by atoms with Gasteiger partial charge in [0.1, 0.15) is 12.7 Å². The summed E-state index contributed by atoms with van der Waals surface area (Å²) in [5, 5.41) is 0. The van der Waals surface area contributed by atoms with E-state index < -0.39 is 0 Å². The molecule has 10 rings (SSSR count). The number of pyridine rings is 1. The lowest BCUT2D eigenvalue weighted by Crippen LogP contribution is -1.89. The Bertz CT molecular complexity index is 2900. The van der Waals surface area contributed by atoms with Gasteiger partial charge in [-0.1, -0.05) is 109 Å². The van der Waals surface area contributed by atoms with Crippen molar-refractivity contribution in [2.45, 2.75) is 0 Å². The summed E-state index contributed by atoms with van der Waals surface area (Å²) >= 11 is 0. The van der Waals surface area contributed by atoms with Gasteiger partial charge in [0.2, 0.25) is 0 Å². The van der Waals surface area contributed by atoms with E-state index in [-0.39, 0.29) is 0 Å². The molecule has 0 unspecified atom stereocenters. The molecule has 0 fully saturated rings. The first-order valence-electron chi connectivity index (χ1n) is 19.9. The maximum atomic E-state index is 4.36. The molecule has 0 saturated heterocycles. The van der Waals surface area contributed by atoms with Crippen LogP contribution in [0.4, 0.5) is 0 Å². The molecule has 0 atom stereocenters. The topological polar surface area (TPSA) is 64.5 Å². The van der Waals surface area contributed by atoms with E-state index in [1.807, 2.05) is 49.3 Å². The summed E-state index contributed by atoms with van der Waals surface area (Å²) < 4.78 is 0. The molecular formula is C55H37N5. The largest absolute Gasteiger partial charge is 0.265 e. The minimum absolute atomic E-state index is 0.964. The molecule has 0 bridgehead atoms. The summed E-state index contributed by atoms with van der Waals surface area (Å²) in [6.45, 7) is 0. The lowest BCUT2D eigenvalue weighted by atomic mass is 9.91. The van der Waals surface area contributed by atoms with Crippen LogP contribution in [0.5, 0.6) is 0 Å². The number of nitrogens with zero attached hydrogens (tertiary/aromatic N) is 5. The summed E-state index contributed by atoms with van der Waals surface area (Å²) in [4.78, 5) is 21.4. The Morgan fingerprint density at radius 1 is 0.183 bits per heavy atom. The molecule has 60 heavy (non-hydrogen) atoms. The maximum absolute atomic E-state index is 4.36. The third kappa shape index (κ3) is 7.76. The van der Waals surface area contributed by atoms with Gasteiger partial charge in [-0.05, 0) is 156 Å². The first-order chi connectivity index (χ1) is 29.7. The monoisotopic (exact) mass is 767 g/mol. The number of benzene rings is 7. The molecular weight excluding hydrogens is 731 g/mol. The van der Waals surface area contributed by atoms with Gasteiger partial charge in [-0.3, -0.25) is 4.98 Å². The Morgan fingerprint density at radius 2 is 0.400 bits per heavy atom. The zero-order chi connectivity index (χ0) is 40.1. The fraction of sp³-hybridized carbons (Fsp3) is 0. The average Bonchev–Trinajstić information content (AvgIpc) is 3.35. The first-order valence-corrected chi connectivity index (χ1v) is 19.9. The van der Waals surface area contributed by atoms with Gasteiger partial charge in [0.15, 0.2) is 0 Å². The van der Waals surface area contributed by atoms with Gasteiger partial charge in [0, 0.05) is 48.3 Å². The molecule has 0 amide bonds. The Hall–Kier alpha value is -8.15. The second-order valence-corrected chi connectivity index (χ2v) is 14.8. The smallest absolute Gasteiger partial charge is 0.115 e. The Morgan fingerprint density at radius 3 is 0.717 bits per heavy atom. The van der Waals surface area contributed by atoms with Crippen molar-refractivity contribution in [3.8, 4) is 100 Å². The highest BCUT2D eigenvalue weighted by Gasteiger charge is 2.12.